The molecule has 1 fully saturated rings. The average molecular weight is 260 g/mol. The lowest BCUT2D eigenvalue weighted by Crippen LogP contribution is -2.25. The normalized spacial score (nSPS) is 15.1. The molecule has 2 rings (SSSR count). The Balaban J connectivity index is 1.95. The second kappa shape index (κ2) is 6.16. The van der Waals surface area contributed by atoms with Crippen LogP contribution in [0.15, 0.2) is 18.2 Å². The van der Waals surface area contributed by atoms with Gasteiger partial charge in [-0.15, -0.1) is 0 Å². The van der Waals surface area contributed by atoms with Crippen LogP contribution >= 0.6 is 0 Å². The van der Waals surface area contributed by atoms with Crippen molar-refractivity contribution < 1.29 is 4.92 Å². The number of nitro groups is 1. The second-order valence-corrected chi connectivity index (χ2v) is 4.58. The van der Waals surface area contributed by atoms with E-state index in [0.717, 1.165) is 26.2 Å². The lowest BCUT2D eigenvalue weighted by Gasteiger charge is -2.15. The van der Waals surface area contributed by atoms with E-state index in [1.807, 2.05) is 6.07 Å². The Morgan fingerprint density at radius 3 is 2.79 bits per heavy atom. The summed E-state index contributed by atoms with van der Waals surface area (Å²) >= 11 is 0. The highest BCUT2D eigenvalue weighted by Crippen LogP contribution is 2.22. The molecule has 0 aliphatic carbocycles. The first kappa shape index (κ1) is 13.3. The monoisotopic (exact) mass is 260 g/mol. The van der Waals surface area contributed by atoms with Crippen LogP contribution in [0.4, 0.5) is 11.4 Å². The van der Waals surface area contributed by atoms with Crippen LogP contribution in [0.1, 0.15) is 18.4 Å². The van der Waals surface area contributed by atoms with Crippen molar-refractivity contribution in [3.63, 3.8) is 0 Å². The van der Waals surface area contributed by atoms with Crippen LogP contribution in [-0.2, 0) is 0 Å². The van der Waals surface area contributed by atoms with Crippen molar-refractivity contribution in [1.29, 1.82) is 5.26 Å². The molecule has 0 radical (unpaired) electrons. The third-order valence-corrected chi connectivity index (χ3v) is 3.27. The quantitative estimate of drug-likeness (QED) is 0.646. The number of anilines is 1. The summed E-state index contributed by atoms with van der Waals surface area (Å²) in [6.07, 6.45) is 2.50. The van der Waals surface area contributed by atoms with Gasteiger partial charge in [0.2, 0.25) is 0 Å². The lowest BCUT2D eigenvalue weighted by molar-refractivity contribution is -0.385. The molecular formula is C13H16N4O2. The minimum atomic E-state index is -0.524. The fourth-order valence-electron chi connectivity index (χ4n) is 2.25. The number of benzene rings is 1. The maximum Gasteiger partial charge on any atom is 0.289 e. The van der Waals surface area contributed by atoms with Gasteiger partial charge in [-0.3, -0.25) is 10.1 Å². The molecule has 0 bridgehead atoms. The first-order chi connectivity index (χ1) is 9.20. The molecule has 1 aromatic rings. The summed E-state index contributed by atoms with van der Waals surface area (Å²) in [5.41, 5.74) is 0.633. The molecule has 1 aromatic carbocycles. The van der Waals surface area contributed by atoms with Gasteiger partial charge in [-0.2, -0.15) is 5.26 Å². The minimum absolute atomic E-state index is 0.0927. The molecule has 1 heterocycles. The van der Waals surface area contributed by atoms with Crippen LogP contribution < -0.4 is 5.32 Å². The predicted octanol–water partition coefficient (Wildman–Crippen LogP) is 1.97. The van der Waals surface area contributed by atoms with Crippen molar-refractivity contribution >= 4 is 11.4 Å². The van der Waals surface area contributed by atoms with Gasteiger partial charge in [0, 0.05) is 24.8 Å². The zero-order chi connectivity index (χ0) is 13.7. The summed E-state index contributed by atoms with van der Waals surface area (Å²) in [5, 5.41) is 22.8. The van der Waals surface area contributed by atoms with Gasteiger partial charge in [0.15, 0.2) is 0 Å². The van der Waals surface area contributed by atoms with Gasteiger partial charge in [0.1, 0.15) is 11.6 Å². The van der Waals surface area contributed by atoms with Gasteiger partial charge in [0.25, 0.3) is 5.69 Å². The standard InChI is InChI=1S/C13H16N4O2/c14-10-11-3-4-12(9-13(11)17(18)19)15-5-8-16-6-1-2-7-16/h3-4,9,15H,1-2,5-8H2. The largest absolute Gasteiger partial charge is 0.384 e. The highest BCUT2D eigenvalue weighted by atomic mass is 16.6. The van der Waals surface area contributed by atoms with E-state index in [1.54, 1.807) is 6.07 Å². The first-order valence-electron chi connectivity index (χ1n) is 6.35. The van der Waals surface area contributed by atoms with Crippen LogP contribution in [0.5, 0.6) is 0 Å². The molecule has 0 unspecified atom stereocenters. The Labute approximate surface area is 111 Å². The zero-order valence-electron chi connectivity index (χ0n) is 10.6. The van der Waals surface area contributed by atoms with Crippen LogP contribution in [-0.4, -0.2) is 36.0 Å². The van der Waals surface area contributed by atoms with E-state index in [4.69, 9.17) is 5.26 Å². The molecule has 6 nitrogen and oxygen atoms in total. The maximum absolute atomic E-state index is 10.8. The average Bonchev–Trinajstić information content (AvgIpc) is 2.91. The number of nitro benzene ring substituents is 1. The van der Waals surface area contributed by atoms with Crippen molar-refractivity contribution in [2.45, 2.75) is 12.8 Å². The molecule has 1 aliphatic heterocycles. The Morgan fingerprint density at radius 1 is 1.42 bits per heavy atom. The molecule has 0 amide bonds. The topological polar surface area (TPSA) is 82.2 Å². The summed E-state index contributed by atoms with van der Waals surface area (Å²) in [5.74, 6) is 0. The molecule has 1 N–H and O–H groups in total. The van der Waals surface area contributed by atoms with E-state index in [9.17, 15) is 10.1 Å². The van der Waals surface area contributed by atoms with E-state index < -0.39 is 4.92 Å². The molecular weight excluding hydrogens is 244 g/mol. The number of rotatable bonds is 5. The third-order valence-electron chi connectivity index (χ3n) is 3.27. The Kier molecular flexibility index (Phi) is 4.31. The van der Waals surface area contributed by atoms with Gasteiger partial charge >= 0.3 is 0 Å². The Bertz CT molecular complexity index is 504. The summed E-state index contributed by atoms with van der Waals surface area (Å²) in [6.45, 7) is 3.96. The van der Waals surface area contributed by atoms with Crippen LogP contribution in [0, 0.1) is 21.4 Å². The Morgan fingerprint density at radius 2 is 2.16 bits per heavy atom. The van der Waals surface area contributed by atoms with Crippen LogP contribution in [0.3, 0.4) is 0 Å². The molecule has 6 heteroatoms. The summed E-state index contributed by atoms with van der Waals surface area (Å²) in [4.78, 5) is 12.7. The van der Waals surface area contributed by atoms with Gasteiger partial charge in [-0.25, -0.2) is 0 Å². The van der Waals surface area contributed by atoms with Crippen LogP contribution in [0.2, 0.25) is 0 Å². The van der Waals surface area contributed by atoms with E-state index >= 15 is 0 Å². The molecule has 100 valence electrons. The van der Waals surface area contributed by atoms with E-state index in [0.29, 0.717) is 5.69 Å². The van der Waals surface area contributed by atoms with E-state index in [2.05, 4.69) is 10.2 Å². The molecule has 0 aromatic heterocycles. The molecule has 1 aliphatic rings. The van der Waals surface area contributed by atoms with Crippen molar-refractivity contribution in [1.82, 2.24) is 4.90 Å². The first-order valence-corrected chi connectivity index (χ1v) is 6.35. The highest BCUT2D eigenvalue weighted by Gasteiger charge is 2.14. The van der Waals surface area contributed by atoms with E-state index in [1.165, 1.54) is 25.0 Å². The Hall–Kier alpha value is -2.13. The number of hydrogen-bond donors (Lipinski definition) is 1. The molecule has 0 atom stereocenters. The van der Waals surface area contributed by atoms with Crippen molar-refractivity contribution in [2.75, 3.05) is 31.5 Å². The number of nitrogens with one attached hydrogen (secondary N) is 1. The minimum Gasteiger partial charge on any atom is -0.384 e. The van der Waals surface area contributed by atoms with Crippen molar-refractivity contribution in [2.24, 2.45) is 0 Å². The van der Waals surface area contributed by atoms with Gasteiger partial charge in [0.05, 0.1) is 4.92 Å². The smallest absolute Gasteiger partial charge is 0.289 e. The summed E-state index contributed by atoms with van der Waals surface area (Å²) < 4.78 is 0. The molecule has 19 heavy (non-hydrogen) atoms. The number of nitrogens with zero attached hydrogens (tertiary/aromatic N) is 3. The molecule has 0 saturated carbocycles. The fraction of sp³-hybridized carbons (Fsp3) is 0.462. The number of hydrogen-bond acceptors (Lipinski definition) is 5. The number of nitriles is 1. The summed E-state index contributed by atoms with van der Waals surface area (Å²) in [7, 11) is 0. The van der Waals surface area contributed by atoms with Gasteiger partial charge < -0.3 is 10.2 Å². The zero-order valence-corrected chi connectivity index (χ0v) is 10.6. The van der Waals surface area contributed by atoms with Crippen molar-refractivity contribution in [3.05, 3.63) is 33.9 Å². The van der Waals surface area contributed by atoms with Gasteiger partial charge in [-0.05, 0) is 38.1 Å². The van der Waals surface area contributed by atoms with Gasteiger partial charge in [-0.1, -0.05) is 0 Å². The second-order valence-electron chi connectivity index (χ2n) is 4.58. The predicted molar refractivity (Wildman–Crippen MR) is 72.0 cm³/mol. The molecule has 0 spiro atoms. The lowest BCUT2D eigenvalue weighted by atomic mass is 10.2. The maximum atomic E-state index is 10.8. The van der Waals surface area contributed by atoms with Crippen molar-refractivity contribution in [3.8, 4) is 6.07 Å². The summed E-state index contributed by atoms with van der Waals surface area (Å²) in [6, 6.07) is 6.43. The highest BCUT2D eigenvalue weighted by molar-refractivity contribution is 5.59. The SMILES string of the molecule is N#Cc1ccc(NCCN2CCCC2)cc1[N+](=O)[O-]. The third kappa shape index (κ3) is 3.42. The van der Waals surface area contributed by atoms with Crippen LogP contribution in [0.25, 0.3) is 0 Å². The van der Waals surface area contributed by atoms with E-state index in [-0.39, 0.29) is 11.3 Å². The number of likely N-dealkylation sites (tertiary alicyclic amines) is 1. The molecule has 1 saturated heterocycles. The fourth-order valence-corrected chi connectivity index (χ4v) is 2.25.